The smallest absolute Gasteiger partial charge is 0.325 e. The molecule has 1 fully saturated rings. The van der Waals surface area contributed by atoms with Gasteiger partial charge in [0, 0.05) is 23.8 Å². The van der Waals surface area contributed by atoms with Crippen molar-refractivity contribution in [2.24, 2.45) is 0 Å². The molecule has 3 aromatic rings. The van der Waals surface area contributed by atoms with Gasteiger partial charge in [-0.2, -0.15) is 13.2 Å². The highest BCUT2D eigenvalue weighted by atomic mass is 32.2. The van der Waals surface area contributed by atoms with E-state index in [1.807, 2.05) is 6.07 Å². The Morgan fingerprint density at radius 2 is 1.84 bits per heavy atom. The van der Waals surface area contributed by atoms with Gasteiger partial charge in [-0.15, -0.1) is 11.8 Å². The monoisotopic (exact) mass is 447 g/mol. The molecule has 0 unspecified atom stereocenters. The van der Waals surface area contributed by atoms with E-state index in [4.69, 9.17) is 0 Å². The van der Waals surface area contributed by atoms with Crippen LogP contribution in [0.2, 0.25) is 0 Å². The summed E-state index contributed by atoms with van der Waals surface area (Å²) in [5, 5.41) is 3.24. The number of hydrogen-bond donors (Lipinski definition) is 1. The first-order valence-corrected chi connectivity index (χ1v) is 10.9. The van der Waals surface area contributed by atoms with Crippen molar-refractivity contribution in [2.45, 2.75) is 42.8 Å². The predicted molar refractivity (Wildman–Crippen MR) is 114 cm³/mol. The van der Waals surface area contributed by atoms with Gasteiger partial charge in [-0.05, 0) is 37.1 Å². The minimum atomic E-state index is -4.30. The van der Waals surface area contributed by atoms with Gasteiger partial charge < -0.3 is 5.32 Å². The number of para-hydroxylation sites is 2. The Kier molecular flexibility index (Phi) is 6.04. The third-order valence-electron chi connectivity index (χ3n) is 4.92. The Morgan fingerprint density at radius 1 is 1.13 bits per heavy atom. The molecule has 5 nitrogen and oxygen atoms in total. The summed E-state index contributed by atoms with van der Waals surface area (Å²) in [6, 6.07) is 13.6. The van der Waals surface area contributed by atoms with Crippen LogP contribution in [-0.4, -0.2) is 27.4 Å². The molecule has 162 valence electrons. The van der Waals surface area contributed by atoms with Crippen molar-refractivity contribution in [3.8, 4) is 0 Å². The average Bonchev–Trinajstić information content (AvgIpc) is 3.56. The second-order valence-corrected chi connectivity index (χ2v) is 8.42. The molecule has 0 spiro atoms. The van der Waals surface area contributed by atoms with Crippen molar-refractivity contribution < 1.29 is 18.0 Å². The number of aryl methyl sites for hydroxylation is 1. The molecule has 31 heavy (non-hydrogen) atoms. The van der Waals surface area contributed by atoms with E-state index in [9.17, 15) is 22.8 Å². The largest absolute Gasteiger partial charge is 0.398 e. The number of amides is 1. The van der Waals surface area contributed by atoms with E-state index in [1.54, 1.807) is 47.0 Å². The molecule has 0 radical (unpaired) electrons. The SMILES string of the molecule is O=C(CCc1nc2ccccc2c(=O)n1C1CC1)Nc1ccccc1SCC(F)(F)F. The Bertz CT molecular complexity index is 1170. The second kappa shape index (κ2) is 8.74. The number of halogens is 3. The molecule has 4 rings (SSSR count). The molecule has 1 aliphatic rings. The number of alkyl halides is 3. The van der Waals surface area contributed by atoms with Crippen LogP contribution in [-0.2, 0) is 11.2 Å². The summed E-state index contributed by atoms with van der Waals surface area (Å²) in [7, 11) is 0. The molecule has 1 heterocycles. The topological polar surface area (TPSA) is 64.0 Å². The average molecular weight is 447 g/mol. The highest BCUT2D eigenvalue weighted by molar-refractivity contribution is 7.99. The van der Waals surface area contributed by atoms with Crippen LogP contribution in [0.1, 0.15) is 31.1 Å². The molecule has 9 heteroatoms. The maximum Gasteiger partial charge on any atom is 0.398 e. The molecule has 1 saturated carbocycles. The quantitative estimate of drug-likeness (QED) is 0.520. The lowest BCUT2D eigenvalue weighted by atomic mass is 10.2. The van der Waals surface area contributed by atoms with Gasteiger partial charge in [0.1, 0.15) is 5.82 Å². The number of carbonyl (C=O) groups is 1. The maximum absolute atomic E-state index is 12.9. The molecule has 2 aromatic carbocycles. The van der Waals surface area contributed by atoms with Crippen LogP contribution in [0.25, 0.3) is 10.9 Å². The lowest BCUT2D eigenvalue weighted by molar-refractivity contribution is -0.116. The number of benzene rings is 2. The molecule has 1 aliphatic carbocycles. The molecule has 0 aliphatic heterocycles. The van der Waals surface area contributed by atoms with Crippen molar-refractivity contribution in [3.05, 3.63) is 64.7 Å². The van der Waals surface area contributed by atoms with Crippen molar-refractivity contribution >= 4 is 34.3 Å². The van der Waals surface area contributed by atoms with E-state index in [2.05, 4.69) is 10.3 Å². The normalized spacial score (nSPS) is 14.0. The maximum atomic E-state index is 12.9. The van der Waals surface area contributed by atoms with Crippen molar-refractivity contribution in [3.63, 3.8) is 0 Å². The van der Waals surface area contributed by atoms with Gasteiger partial charge in [0.05, 0.1) is 22.3 Å². The zero-order valence-corrected chi connectivity index (χ0v) is 17.3. The molecule has 0 atom stereocenters. The summed E-state index contributed by atoms with van der Waals surface area (Å²) in [6.07, 6.45) is -2.15. The Labute approximate surface area is 180 Å². The molecule has 0 bridgehead atoms. The molecule has 1 N–H and O–H groups in total. The van der Waals surface area contributed by atoms with Gasteiger partial charge >= 0.3 is 6.18 Å². The number of hydrogen-bond acceptors (Lipinski definition) is 4. The van der Waals surface area contributed by atoms with Gasteiger partial charge in [0.15, 0.2) is 0 Å². The van der Waals surface area contributed by atoms with E-state index in [1.165, 1.54) is 0 Å². The molecule has 1 amide bonds. The number of aromatic nitrogens is 2. The molecular weight excluding hydrogens is 427 g/mol. The van der Waals surface area contributed by atoms with Crippen LogP contribution in [0.15, 0.2) is 58.2 Å². The fourth-order valence-electron chi connectivity index (χ4n) is 3.37. The fourth-order valence-corrected chi connectivity index (χ4v) is 4.14. The summed E-state index contributed by atoms with van der Waals surface area (Å²) in [4.78, 5) is 30.4. The molecule has 0 saturated heterocycles. The lowest BCUT2D eigenvalue weighted by Crippen LogP contribution is -2.25. The number of carbonyl (C=O) groups excluding carboxylic acids is 1. The number of anilines is 1. The van der Waals surface area contributed by atoms with Gasteiger partial charge in [-0.3, -0.25) is 14.2 Å². The summed E-state index contributed by atoms with van der Waals surface area (Å²) in [6.45, 7) is 0. The zero-order valence-electron chi connectivity index (χ0n) is 16.5. The minimum Gasteiger partial charge on any atom is -0.325 e. The third-order valence-corrected chi connectivity index (χ3v) is 6.06. The van der Waals surface area contributed by atoms with Crippen molar-refractivity contribution in [1.29, 1.82) is 0 Å². The molecule has 1 aromatic heterocycles. The summed E-state index contributed by atoms with van der Waals surface area (Å²) in [5.41, 5.74) is 0.832. The highest BCUT2D eigenvalue weighted by Crippen LogP contribution is 2.35. The predicted octanol–water partition coefficient (Wildman–Crippen LogP) is 4.96. The van der Waals surface area contributed by atoms with Crippen LogP contribution in [0.3, 0.4) is 0 Å². The highest BCUT2D eigenvalue weighted by Gasteiger charge is 2.29. The van der Waals surface area contributed by atoms with E-state index in [-0.39, 0.29) is 30.3 Å². The zero-order chi connectivity index (χ0) is 22.0. The number of nitrogens with zero attached hydrogens (tertiary/aromatic N) is 2. The van der Waals surface area contributed by atoms with Gasteiger partial charge in [0.25, 0.3) is 5.56 Å². The minimum absolute atomic E-state index is 0.0653. The fraction of sp³-hybridized carbons (Fsp3) is 0.318. The molecular formula is C22H20F3N3O2S. The lowest BCUT2D eigenvalue weighted by Gasteiger charge is -2.14. The Balaban J connectivity index is 1.48. The number of thioether (sulfide) groups is 1. The first-order chi connectivity index (χ1) is 14.8. The van der Waals surface area contributed by atoms with E-state index in [0.29, 0.717) is 39.1 Å². The Hall–Kier alpha value is -2.81. The number of nitrogens with one attached hydrogen (secondary N) is 1. The van der Waals surface area contributed by atoms with E-state index < -0.39 is 11.9 Å². The Morgan fingerprint density at radius 3 is 2.58 bits per heavy atom. The first-order valence-electron chi connectivity index (χ1n) is 9.90. The summed E-state index contributed by atoms with van der Waals surface area (Å²) < 4.78 is 39.3. The van der Waals surface area contributed by atoms with Gasteiger partial charge in [-0.25, -0.2) is 4.98 Å². The van der Waals surface area contributed by atoms with Crippen molar-refractivity contribution in [2.75, 3.05) is 11.1 Å². The van der Waals surface area contributed by atoms with Crippen LogP contribution in [0.4, 0.5) is 18.9 Å². The van der Waals surface area contributed by atoms with Crippen LogP contribution < -0.4 is 10.9 Å². The third kappa shape index (κ3) is 5.28. The van der Waals surface area contributed by atoms with E-state index in [0.717, 1.165) is 12.8 Å². The standard InChI is InChI=1S/C22H20F3N3O2S/c23-22(24,25)13-31-18-8-4-3-7-17(18)27-20(29)12-11-19-26-16-6-2-1-5-15(16)21(30)28(19)14-9-10-14/h1-8,14H,9-13H2,(H,27,29). The number of rotatable bonds is 7. The first kappa shape index (κ1) is 21.4. The number of fused-ring (bicyclic) bond motifs is 1. The summed E-state index contributed by atoms with van der Waals surface area (Å²) >= 11 is 0.631. The van der Waals surface area contributed by atoms with Crippen molar-refractivity contribution in [1.82, 2.24) is 9.55 Å². The van der Waals surface area contributed by atoms with Crippen LogP contribution >= 0.6 is 11.8 Å². The van der Waals surface area contributed by atoms with Crippen LogP contribution in [0.5, 0.6) is 0 Å². The van der Waals surface area contributed by atoms with Gasteiger partial charge in [-0.1, -0.05) is 24.3 Å². The van der Waals surface area contributed by atoms with Gasteiger partial charge in [0.2, 0.25) is 5.91 Å². The second-order valence-electron chi connectivity index (χ2n) is 7.40. The van der Waals surface area contributed by atoms with Crippen LogP contribution in [0, 0.1) is 0 Å². The summed E-state index contributed by atoms with van der Waals surface area (Å²) in [5.74, 6) is -0.819. The van der Waals surface area contributed by atoms with E-state index >= 15 is 0 Å².